The Morgan fingerprint density at radius 2 is 1.60 bits per heavy atom. The summed E-state index contributed by atoms with van der Waals surface area (Å²) in [6.45, 7) is 4.13. The highest BCUT2D eigenvalue weighted by molar-refractivity contribution is 5.75. The molecule has 0 amide bonds. The van der Waals surface area contributed by atoms with Gasteiger partial charge in [0.1, 0.15) is 5.78 Å². The highest BCUT2D eigenvalue weighted by atomic mass is 16.5. The quantitative estimate of drug-likeness (QED) is 0.438. The molecular weight excluding hydrogens is 192 g/mol. The molecule has 0 spiro atoms. The Labute approximate surface area is 92.2 Å². The molecule has 15 heavy (non-hydrogen) atoms. The van der Waals surface area contributed by atoms with E-state index in [0.717, 1.165) is 32.1 Å². The van der Waals surface area contributed by atoms with Gasteiger partial charge in [-0.3, -0.25) is 4.79 Å². The smallest absolute Gasteiger partial charge is 0.305 e. The lowest BCUT2D eigenvalue weighted by Crippen LogP contribution is -2.04. The van der Waals surface area contributed by atoms with E-state index in [4.69, 9.17) is 4.74 Å². The van der Waals surface area contributed by atoms with Gasteiger partial charge in [0.25, 0.3) is 0 Å². The van der Waals surface area contributed by atoms with Crippen molar-refractivity contribution in [3.8, 4) is 0 Å². The number of carbonyl (C=O) groups excluding carboxylic acids is 2. The fourth-order valence-electron chi connectivity index (χ4n) is 1.28. The second-order valence-corrected chi connectivity index (χ2v) is 3.84. The molecule has 0 fully saturated rings. The summed E-state index contributed by atoms with van der Waals surface area (Å²) in [7, 11) is 0. The topological polar surface area (TPSA) is 43.4 Å². The van der Waals surface area contributed by atoms with E-state index < -0.39 is 0 Å². The Kier molecular flexibility index (Phi) is 9.13. The Morgan fingerprint density at radius 1 is 1.00 bits per heavy atom. The van der Waals surface area contributed by atoms with Gasteiger partial charge >= 0.3 is 5.97 Å². The van der Waals surface area contributed by atoms with E-state index in [1.165, 1.54) is 0 Å². The van der Waals surface area contributed by atoms with Gasteiger partial charge in [0.15, 0.2) is 0 Å². The molecule has 0 aliphatic heterocycles. The fourth-order valence-corrected chi connectivity index (χ4v) is 1.28. The van der Waals surface area contributed by atoms with Crippen LogP contribution in [0.5, 0.6) is 0 Å². The Morgan fingerprint density at radius 3 is 2.13 bits per heavy atom. The van der Waals surface area contributed by atoms with Crippen LogP contribution in [0.25, 0.3) is 0 Å². The lowest BCUT2D eigenvalue weighted by atomic mass is 10.1. The van der Waals surface area contributed by atoms with Crippen LogP contribution in [0.3, 0.4) is 0 Å². The zero-order valence-corrected chi connectivity index (χ0v) is 9.88. The average Bonchev–Trinajstić information content (AvgIpc) is 2.19. The number of Topliss-reactive ketones (excluding diaryl/α,β-unsaturated/α-hetero) is 1. The van der Waals surface area contributed by atoms with Gasteiger partial charge in [0.05, 0.1) is 6.61 Å². The molecule has 0 heterocycles. The summed E-state index contributed by atoms with van der Waals surface area (Å²) >= 11 is 0. The van der Waals surface area contributed by atoms with Gasteiger partial charge in [-0.1, -0.05) is 19.8 Å². The maximum Gasteiger partial charge on any atom is 0.305 e. The normalized spacial score (nSPS) is 10.0. The van der Waals surface area contributed by atoms with Crippen LogP contribution in [-0.2, 0) is 14.3 Å². The molecule has 0 bridgehead atoms. The van der Waals surface area contributed by atoms with Crippen molar-refractivity contribution in [2.45, 2.75) is 58.8 Å². The lowest BCUT2D eigenvalue weighted by molar-refractivity contribution is -0.143. The van der Waals surface area contributed by atoms with E-state index >= 15 is 0 Å². The molecule has 0 saturated heterocycles. The van der Waals surface area contributed by atoms with Crippen LogP contribution in [0.2, 0.25) is 0 Å². The van der Waals surface area contributed by atoms with Crippen molar-refractivity contribution in [1.82, 2.24) is 0 Å². The maximum absolute atomic E-state index is 11.1. The molecule has 0 aromatic carbocycles. The largest absolute Gasteiger partial charge is 0.466 e. The molecule has 88 valence electrons. The van der Waals surface area contributed by atoms with Crippen LogP contribution in [0, 0.1) is 0 Å². The number of rotatable bonds is 9. The number of carbonyl (C=O) groups is 2. The van der Waals surface area contributed by atoms with E-state index in [9.17, 15) is 9.59 Å². The summed E-state index contributed by atoms with van der Waals surface area (Å²) in [4.78, 5) is 21.7. The Hall–Kier alpha value is -0.860. The molecule has 3 heteroatoms. The molecule has 0 aromatic heterocycles. The molecule has 0 aromatic rings. The summed E-state index contributed by atoms with van der Waals surface area (Å²) < 4.78 is 4.94. The van der Waals surface area contributed by atoms with Crippen LogP contribution < -0.4 is 0 Å². The second kappa shape index (κ2) is 9.69. The van der Waals surface area contributed by atoms with Gasteiger partial charge in [-0.15, -0.1) is 0 Å². The molecule has 3 nitrogen and oxygen atoms in total. The predicted octanol–water partition coefficient (Wildman–Crippen LogP) is 2.87. The van der Waals surface area contributed by atoms with E-state index in [-0.39, 0.29) is 11.8 Å². The van der Waals surface area contributed by atoms with E-state index in [2.05, 4.69) is 0 Å². The highest BCUT2D eigenvalue weighted by Crippen LogP contribution is 2.06. The minimum absolute atomic E-state index is 0.0941. The van der Waals surface area contributed by atoms with Crippen LogP contribution in [0.1, 0.15) is 58.8 Å². The van der Waals surface area contributed by atoms with Crippen LogP contribution in [0.4, 0.5) is 0 Å². The minimum atomic E-state index is -0.0941. The summed E-state index contributed by atoms with van der Waals surface area (Å²) in [6, 6.07) is 0. The number of unbranched alkanes of at least 4 members (excludes halogenated alkanes) is 3. The SMILES string of the molecule is CCCOC(=O)CCCCCCC(C)=O. The molecule has 0 saturated carbocycles. The Balaban J connectivity index is 3.16. The van der Waals surface area contributed by atoms with Gasteiger partial charge in [0.2, 0.25) is 0 Å². The number of hydrogen-bond donors (Lipinski definition) is 0. The molecule has 0 radical (unpaired) electrons. The number of esters is 1. The van der Waals surface area contributed by atoms with Gasteiger partial charge in [-0.25, -0.2) is 0 Å². The highest BCUT2D eigenvalue weighted by Gasteiger charge is 2.01. The lowest BCUT2D eigenvalue weighted by Gasteiger charge is -2.02. The standard InChI is InChI=1S/C12H22O3/c1-3-10-15-12(14)9-7-5-4-6-8-11(2)13/h3-10H2,1-2H3. The van der Waals surface area contributed by atoms with Crippen molar-refractivity contribution in [2.24, 2.45) is 0 Å². The molecular formula is C12H22O3. The molecule has 0 aliphatic rings. The number of ketones is 1. The average molecular weight is 214 g/mol. The molecule has 0 N–H and O–H groups in total. The van der Waals surface area contributed by atoms with Gasteiger partial charge in [-0.2, -0.15) is 0 Å². The van der Waals surface area contributed by atoms with Crippen molar-refractivity contribution >= 4 is 11.8 Å². The number of hydrogen-bond acceptors (Lipinski definition) is 3. The first-order chi connectivity index (χ1) is 7.16. The van der Waals surface area contributed by atoms with Crippen molar-refractivity contribution in [3.05, 3.63) is 0 Å². The maximum atomic E-state index is 11.1. The first-order valence-corrected chi connectivity index (χ1v) is 5.82. The summed E-state index contributed by atoms with van der Waals surface area (Å²) in [5.41, 5.74) is 0. The minimum Gasteiger partial charge on any atom is -0.466 e. The van der Waals surface area contributed by atoms with Crippen LogP contribution in [0.15, 0.2) is 0 Å². The van der Waals surface area contributed by atoms with Gasteiger partial charge in [0, 0.05) is 12.8 Å². The van der Waals surface area contributed by atoms with Crippen molar-refractivity contribution in [3.63, 3.8) is 0 Å². The monoisotopic (exact) mass is 214 g/mol. The molecule has 0 rings (SSSR count). The summed E-state index contributed by atoms with van der Waals surface area (Å²) in [5, 5.41) is 0. The first-order valence-electron chi connectivity index (χ1n) is 5.82. The van der Waals surface area contributed by atoms with E-state index in [1.54, 1.807) is 6.92 Å². The van der Waals surface area contributed by atoms with Crippen LogP contribution in [-0.4, -0.2) is 18.4 Å². The molecule has 0 unspecified atom stereocenters. The van der Waals surface area contributed by atoms with Crippen molar-refractivity contribution in [2.75, 3.05) is 6.61 Å². The second-order valence-electron chi connectivity index (χ2n) is 3.84. The fraction of sp³-hybridized carbons (Fsp3) is 0.833. The van der Waals surface area contributed by atoms with E-state index in [1.807, 2.05) is 6.92 Å². The van der Waals surface area contributed by atoms with Crippen LogP contribution >= 0.6 is 0 Å². The first kappa shape index (κ1) is 14.1. The third kappa shape index (κ3) is 11.1. The summed E-state index contributed by atoms with van der Waals surface area (Å²) in [5.74, 6) is 0.153. The zero-order chi connectivity index (χ0) is 11.5. The Bertz CT molecular complexity index is 187. The zero-order valence-electron chi connectivity index (χ0n) is 9.88. The van der Waals surface area contributed by atoms with Gasteiger partial charge in [-0.05, 0) is 26.2 Å². The third-order valence-electron chi connectivity index (χ3n) is 2.13. The molecule has 0 atom stereocenters. The predicted molar refractivity (Wildman–Crippen MR) is 59.6 cm³/mol. The molecule has 0 aliphatic carbocycles. The third-order valence-corrected chi connectivity index (χ3v) is 2.13. The summed E-state index contributed by atoms with van der Waals surface area (Å²) in [6.07, 6.45) is 5.92. The van der Waals surface area contributed by atoms with E-state index in [0.29, 0.717) is 19.4 Å². The van der Waals surface area contributed by atoms with Gasteiger partial charge < -0.3 is 9.53 Å². The van der Waals surface area contributed by atoms with Crippen molar-refractivity contribution in [1.29, 1.82) is 0 Å². The number of ether oxygens (including phenoxy) is 1. The van der Waals surface area contributed by atoms with Crippen molar-refractivity contribution < 1.29 is 14.3 Å².